The van der Waals surface area contributed by atoms with Gasteiger partial charge in [-0.25, -0.2) is 0 Å². The molecule has 0 rings (SSSR count). The van der Waals surface area contributed by atoms with Gasteiger partial charge >= 0.3 is 5.97 Å². The van der Waals surface area contributed by atoms with Crippen molar-refractivity contribution in [1.82, 2.24) is 0 Å². The second kappa shape index (κ2) is 19.8. The number of unbranched alkanes of at least 4 members (excludes halogenated alkanes) is 16. The van der Waals surface area contributed by atoms with Crippen LogP contribution in [0.3, 0.4) is 0 Å². The number of carbonyl (C=O) groups is 1. The maximum Gasteiger partial charge on any atom is 0.306 e. The van der Waals surface area contributed by atoms with E-state index in [0.717, 1.165) is 12.8 Å². The number of hydrogen-bond acceptors (Lipinski definition) is 2. The summed E-state index contributed by atoms with van der Waals surface area (Å²) < 4.78 is 5.74. The number of esters is 1. The summed E-state index contributed by atoms with van der Waals surface area (Å²) in [6.07, 6.45) is 25.2. The lowest BCUT2D eigenvalue weighted by Crippen LogP contribution is -2.27. The molecule has 0 aliphatic carbocycles. The molecule has 0 radical (unpaired) electrons. The van der Waals surface area contributed by atoms with Crippen LogP contribution in [-0.4, -0.2) is 11.6 Å². The predicted molar refractivity (Wildman–Crippen MR) is 124 cm³/mol. The fraction of sp³-hybridized carbons (Fsp3) is 0.962. The third-order valence-electron chi connectivity index (χ3n) is 5.76. The average molecular weight is 397 g/mol. The average Bonchev–Trinajstić information content (AvgIpc) is 2.65. The minimum absolute atomic E-state index is 0.00358. The minimum atomic E-state index is -0.294. The summed E-state index contributed by atoms with van der Waals surface area (Å²) >= 11 is 0. The van der Waals surface area contributed by atoms with Crippen LogP contribution in [0.2, 0.25) is 0 Å². The van der Waals surface area contributed by atoms with Gasteiger partial charge in [-0.05, 0) is 33.1 Å². The van der Waals surface area contributed by atoms with Crippen molar-refractivity contribution in [3.63, 3.8) is 0 Å². The first-order valence-corrected chi connectivity index (χ1v) is 12.7. The zero-order chi connectivity index (χ0) is 20.9. The van der Waals surface area contributed by atoms with Gasteiger partial charge in [0.05, 0.1) is 0 Å². The van der Waals surface area contributed by atoms with E-state index in [1.807, 2.05) is 0 Å². The summed E-state index contributed by atoms with van der Waals surface area (Å²) in [5.41, 5.74) is -0.294. The van der Waals surface area contributed by atoms with Crippen LogP contribution in [0.5, 0.6) is 0 Å². The molecule has 0 atom stereocenters. The molecule has 0 heterocycles. The second-order valence-electron chi connectivity index (χ2n) is 9.39. The molecule has 0 aromatic carbocycles. The molecule has 0 aromatic heterocycles. The van der Waals surface area contributed by atoms with Gasteiger partial charge in [0.25, 0.3) is 0 Å². The molecule has 0 bridgehead atoms. The second-order valence-corrected chi connectivity index (χ2v) is 9.39. The summed E-state index contributed by atoms with van der Waals surface area (Å²) in [6.45, 7) is 8.68. The molecule has 0 aromatic rings. The van der Waals surface area contributed by atoms with E-state index in [-0.39, 0.29) is 11.6 Å². The van der Waals surface area contributed by atoms with Gasteiger partial charge in [-0.2, -0.15) is 0 Å². The molecule has 2 heteroatoms. The Morgan fingerprint density at radius 2 is 0.929 bits per heavy atom. The normalized spacial score (nSPS) is 11.7. The fourth-order valence-electron chi connectivity index (χ4n) is 3.85. The third-order valence-corrected chi connectivity index (χ3v) is 5.76. The molecule has 0 saturated carbocycles. The highest BCUT2D eigenvalue weighted by atomic mass is 16.6. The molecule has 0 spiro atoms. The van der Waals surface area contributed by atoms with Gasteiger partial charge in [0, 0.05) is 6.42 Å². The van der Waals surface area contributed by atoms with E-state index in [9.17, 15) is 4.79 Å². The summed E-state index contributed by atoms with van der Waals surface area (Å²) in [7, 11) is 0. The Morgan fingerprint density at radius 3 is 1.36 bits per heavy atom. The van der Waals surface area contributed by atoms with Crippen molar-refractivity contribution >= 4 is 5.97 Å². The fourth-order valence-corrected chi connectivity index (χ4v) is 3.85. The Bertz CT molecular complexity index is 335. The van der Waals surface area contributed by atoms with Crippen molar-refractivity contribution in [3.05, 3.63) is 0 Å². The molecular weight excluding hydrogens is 344 g/mol. The van der Waals surface area contributed by atoms with Crippen LogP contribution in [0.25, 0.3) is 0 Å². The highest BCUT2D eigenvalue weighted by Gasteiger charge is 2.21. The molecule has 0 aliphatic rings. The molecule has 168 valence electrons. The zero-order valence-electron chi connectivity index (χ0n) is 20.0. The highest BCUT2D eigenvalue weighted by molar-refractivity contribution is 5.69. The van der Waals surface area contributed by atoms with Gasteiger partial charge in [-0.15, -0.1) is 0 Å². The molecule has 28 heavy (non-hydrogen) atoms. The highest BCUT2D eigenvalue weighted by Crippen LogP contribution is 2.21. The third kappa shape index (κ3) is 20.2. The van der Waals surface area contributed by atoms with E-state index in [2.05, 4.69) is 27.7 Å². The molecule has 0 saturated heterocycles. The van der Waals surface area contributed by atoms with Gasteiger partial charge in [0.15, 0.2) is 0 Å². The van der Waals surface area contributed by atoms with Gasteiger partial charge in [-0.3, -0.25) is 4.79 Å². The van der Waals surface area contributed by atoms with Gasteiger partial charge < -0.3 is 4.74 Å². The monoisotopic (exact) mass is 396 g/mol. The summed E-state index contributed by atoms with van der Waals surface area (Å²) in [6, 6.07) is 0. The van der Waals surface area contributed by atoms with E-state index in [1.165, 1.54) is 109 Å². The first-order valence-electron chi connectivity index (χ1n) is 12.7. The summed E-state index contributed by atoms with van der Waals surface area (Å²) in [4.78, 5) is 12.1. The molecule has 0 aliphatic heterocycles. The zero-order valence-corrected chi connectivity index (χ0v) is 20.0. The standard InChI is InChI=1S/C26H52O2/c1-5-7-9-11-13-15-17-19-21-23-25(27)28-26(3,4)24-22-20-18-16-14-12-10-8-6-2/h5-24H2,1-4H3. The van der Waals surface area contributed by atoms with Crippen LogP contribution < -0.4 is 0 Å². The largest absolute Gasteiger partial charge is 0.460 e. The Balaban J connectivity index is 3.51. The first kappa shape index (κ1) is 27.5. The van der Waals surface area contributed by atoms with Crippen molar-refractivity contribution < 1.29 is 9.53 Å². The van der Waals surface area contributed by atoms with Crippen molar-refractivity contribution in [2.24, 2.45) is 0 Å². The van der Waals surface area contributed by atoms with Gasteiger partial charge in [0.1, 0.15) is 5.60 Å². The van der Waals surface area contributed by atoms with Crippen LogP contribution in [0.1, 0.15) is 156 Å². The van der Waals surface area contributed by atoms with E-state index in [0.29, 0.717) is 6.42 Å². The number of hydrogen-bond donors (Lipinski definition) is 0. The smallest absolute Gasteiger partial charge is 0.306 e. The van der Waals surface area contributed by atoms with Crippen LogP contribution in [0.4, 0.5) is 0 Å². The maximum absolute atomic E-state index is 12.1. The Labute approximate surface area is 177 Å². The van der Waals surface area contributed by atoms with E-state index >= 15 is 0 Å². The van der Waals surface area contributed by atoms with Gasteiger partial charge in [0.2, 0.25) is 0 Å². The summed E-state index contributed by atoms with van der Waals surface area (Å²) in [5, 5.41) is 0. The van der Waals surface area contributed by atoms with Crippen LogP contribution in [-0.2, 0) is 9.53 Å². The number of carbonyl (C=O) groups excluding carboxylic acids is 1. The Morgan fingerprint density at radius 1 is 0.571 bits per heavy atom. The number of ether oxygens (including phenoxy) is 1. The number of rotatable bonds is 21. The predicted octanol–water partition coefficient (Wildman–Crippen LogP) is 9.15. The molecule has 0 fully saturated rings. The minimum Gasteiger partial charge on any atom is -0.460 e. The topological polar surface area (TPSA) is 26.3 Å². The first-order chi connectivity index (χ1) is 13.5. The molecule has 0 unspecified atom stereocenters. The molecule has 0 amide bonds. The van der Waals surface area contributed by atoms with Crippen molar-refractivity contribution in [2.45, 2.75) is 162 Å². The lowest BCUT2D eigenvalue weighted by Gasteiger charge is -2.25. The maximum atomic E-state index is 12.1. The van der Waals surface area contributed by atoms with E-state index in [1.54, 1.807) is 0 Å². The SMILES string of the molecule is CCCCCCCCCCCC(=O)OC(C)(C)CCCCCCCCCCC. The lowest BCUT2D eigenvalue weighted by molar-refractivity contribution is -0.157. The van der Waals surface area contributed by atoms with Crippen LogP contribution >= 0.6 is 0 Å². The van der Waals surface area contributed by atoms with Crippen LogP contribution in [0.15, 0.2) is 0 Å². The van der Waals surface area contributed by atoms with E-state index in [4.69, 9.17) is 4.74 Å². The lowest BCUT2D eigenvalue weighted by atomic mass is 9.99. The molecule has 2 nitrogen and oxygen atoms in total. The Kier molecular flexibility index (Phi) is 19.4. The van der Waals surface area contributed by atoms with Crippen molar-refractivity contribution in [3.8, 4) is 0 Å². The van der Waals surface area contributed by atoms with Crippen LogP contribution in [0, 0.1) is 0 Å². The quantitative estimate of drug-likeness (QED) is 0.143. The Hall–Kier alpha value is -0.530. The molecule has 0 N–H and O–H groups in total. The van der Waals surface area contributed by atoms with Crippen molar-refractivity contribution in [2.75, 3.05) is 0 Å². The molecular formula is C26H52O2. The van der Waals surface area contributed by atoms with Crippen molar-refractivity contribution in [1.29, 1.82) is 0 Å². The van der Waals surface area contributed by atoms with Gasteiger partial charge in [-0.1, -0.05) is 117 Å². The summed E-state index contributed by atoms with van der Waals surface area (Å²) in [5.74, 6) is 0.00358. The van der Waals surface area contributed by atoms with E-state index < -0.39 is 0 Å².